The van der Waals surface area contributed by atoms with E-state index in [1.807, 2.05) is 6.07 Å². The van der Waals surface area contributed by atoms with Crippen LogP contribution < -0.4 is 9.47 Å². The van der Waals surface area contributed by atoms with Gasteiger partial charge in [0.05, 0.1) is 26.7 Å². The van der Waals surface area contributed by atoms with Crippen molar-refractivity contribution in [3.63, 3.8) is 0 Å². The molecule has 142 valence electrons. The smallest absolute Gasteiger partial charge is 0.305 e. The average Bonchev–Trinajstić information content (AvgIpc) is 2.66. The number of carboxylic acids is 1. The van der Waals surface area contributed by atoms with Crippen molar-refractivity contribution < 1.29 is 24.2 Å². The van der Waals surface area contributed by atoms with Crippen molar-refractivity contribution in [3.8, 4) is 11.5 Å². The van der Waals surface area contributed by atoms with Gasteiger partial charge in [-0.05, 0) is 53.9 Å². The van der Waals surface area contributed by atoms with E-state index in [1.54, 1.807) is 42.3 Å². The first-order valence-electron chi connectivity index (χ1n) is 8.47. The highest BCUT2D eigenvalue weighted by atomic mass is 35.5. The molecule has 0 bridgehead atoms. The van der Waals surface area contributed by atoms with Crippen molar-refractivity contribution in [2.45, 2.75) is 18.9 Å². The summed E-state index contributed by atoms with van der Waals surface area (Å²) in [5, 5.41) is 9.95. The van der Waals surface area contributed by atoms with Crippen molar-refractivity contribution in [1.82, 2.24) is 4.90 Å². The van der Waals surface area contributed by atoms with Crippen molar-refractivity contribution in [1.29, 1.82) is 0 Å². The molecule has 2 aromatic carbocycles. The molecule has 0 saturated heterocycles. The van der Waals surface area contributed by atoms with E-state index in [0.717, 1.165) is 11.1 Å². The van der Waals surface area contributed by atoms with Crippen molar-refractivity contribution >= 4 is 23.5 Å². The lowest BCUT2D eigenvalue weighted by atomic mass is 9.89. The number of carbonyl (C=O) groups is 2. The fraction of sp³-hybridized carbons (Fsp3) is 0.300. The molecule has 6 nitrogen and oxygen atoms in total. The Kier molecular flexibility index (Phi) is 5.56. The molecule has 2 aromatic rings. The maximum absolute atomic E-state index is 13.0. The van der Waals surface area contributed by atoms with E-state index in [2.05, 4.69) is 0 Å². The zero-order valence-electron chi connectivity index (χ0n) is 15.1. The Morgan fingerprint density at radius 2 is 1.78 bits per heavy atom. The van der Waals surface area contributed by atoms with Gasteiger partial charge in [0.25, 0.3) is 5.91 Å². The number of carboxylic acid groups (broad SMARTS) is 1. The Morgan fingerprint density at radius 3 is 2.37 bits per heavy atom. The van der Waals surface area contributed by atoms with Crippen LogP contribution in [0.4, 0.5) is 0 Å². The molecule has 1 aliphatic rings. The third kappa shape index (κ3) is 3.85. The van der Waals surface area contributed by atoms with Crippen LogP contribution in [0.15, 0.2) is 36.4 Å². The quantitative estimate of drug-likeness (QED) is 0.846. The summed E-state index contributed by atoms with van der Waals surface area (Å²) in [7, 11) is 3.08. The Hall–Kier alpha value is -2.73. The predicted octanol–water partition coefficient (Wildman–Crippen LogP) is 3.57. The molecule has 0 saturated carbocycles. The van der Waals surface area contributed by atoms with E-state index in [0.29, 0.717) is 35.1 Å². The molecule has 1 amide bonds. The van der Waals surface area contributed by atoms with Gasteiger partial charge in [-0.15, -0.1) is 0 Å². The number of halogens is 1. The summed E-state index contributed by atoms with van der Waals surface area (Å²) in [6, 6.07) is 9.61. The molecule has 1 atom stereocenters. The maximum atomic E-state index is 13.0. The van der Waals surface area contributed by atoms with Crippen LogP contribution in [-0.2, 0) is 11.2 Å². The van der Waals surface area contributed by atoms with Gasteiger partial charge in [-0.2, -0.15) is 0 Å². The fourth-order valence-electron chi connectivity index (χ4n) is 3.42. The van der Waals surface area contributed by atoms with Gasteiger partial charge in [-0.3, -0.25) is 9.59 Å². The van der Waals surface area contributed by atoms with Crippen molar-refractivity contribution in [2.75, 3.05) is 20.8 Å². The summed E-state index contributed by atoms with van der Waals surface area (Å²) in [6.45, 7) is 0.419. The number of amides is 1. The van der Waals surface area contributed by atoms with E-state index in [-0.39, 0.29) is 12.3 Å². The Labute approximate surface area is 162 Å². The molecule has 7 heteroatoms. The van der Waals surface area contributed by atoms with Gasteiger partial charge in [-0.25, -0.2) is 0 Å². The molecular formula is C20H20ClNO5. The highest BCUT2D eigenvalue weighted by molar-refractivity contribution is 6.30. The number of hydrogen-bond acceptors (Lipinski definition) is 4. The molecule has 0 radical (unpaired) electrons. The molecule has 0 spiro atoms. The third-order valence-electron chi connectivity index (χ3n) is 4.72. The second-order valence-corrected chi connectivity index (χ2v) is 6.71. The number of hydrogen-bond donors (Lipinski definition) is 1. The number of rotatable bonds is 5. The molecular weight excluding hydrogens is 370 g/mol. The number of benzene rings is 2. The molecule has 0 aromatic heterocycles. The molecule has 1 heterocycles. The number of fused-ring (bicyclic) bond motifs is 1. The molecule has 0 aliphatic carbocycles. The average molecular weight is 390 g/mol. The number of aliphatic carboxylic acids is 1. The lowest BCUT2D eigenvalue weighted by Crippen LogP contribution is -2.41. The molecule has 1 unspecified atom stereocenters. The zero-order chi connectivity index (χ0) is 19.6. The second-order valence-electron chi connectivity index (χ2n) is 6.28. The van der Waals surface area contributed by atoms with Gasteiger partial charge >= 0.3 is 5.97 Å². The van der Waals surface area contributed by atoms with Crippen LogP contribution in [0.1, 0.15) is 33.9 Å². The van der Waals surface area contributed by atoms with Gasteiger partial charge in [0.2, 0.25) is 0 Å². The maximum Gasteiger partial charge on any atom is 0.305 e. The highest BCUT2D eigenvalue weighted by Crippen LogP contribution is 2.40. The fourth-order valence-corrected chi connectivity index (χ4v) is 3.54. The lowest BCUT2D eigenvalue weighted by Gasteiger charge is -2.37. The summed E-state index contributed by atoms with van der Waals surface area (Å²) < 4.78 is 10.7. The predicted molar refractivity (Wildman–Crippen MR) is 101 cm³/mol. The molecule has 1 aliphatic heterocycles. The van der Waals surface area contributed by atoms with Crippen LogP contribution in [0.25, 0.3) is 0 Å². The molecule has 27 heavy (non-hydrogen) atoms. The third-order valence-corrected chi connectivity index (χ3v) is 4.97. The molecule has 0 fully saturated rings. The number of ether oxygens (including phenoxy) is 2. The summed E-state index contributed by atoms with van der Waals surface area (Å²) >= 11 is 5.90. The standard InChI is InChI=1S/C20H20ClNO5/c1-26-17-9-13-7-8-22(20(25)12-3-5-14(21)6-4-12)16(11-19(23)24)15(13)10-18(17)27-2/h3-6,9-10,16H,7-8,11H2,1-2H3,(H,23,24). The first kappa shape index (κ1) is 19.0. The number of carbonyl (C=O) groups excluding carboxylic acids is 1. The normalized spacial score (nSPS) is 15.8. The first-order chi connectivity index (χ1) is 12.9. The van der Waals surface area contributed by atoms with E-state index in [9.17, 15) is 14.7 Å². The van der Waals surface area contributed by atoms with E-state index < -0.39 is 12.0 Å². The molecule has 1 N–H and O–H groups in total. The lowest BCUT2D eigenvalue weighted by molar-refractivity contribution is -0.138. The highest BCUT2D eigenvalue weighted by Gasteiger charge is 2.34. The summed E-state index contributed by atoms with van der Waals surface area (Å²) in [5.41, 5.74) is 2.20. The van der Waals surface area contributed by atoms with Gasteiger partial charge in [0.1, 0.15) is 0 Å². The topological polar surface area (TPSA) is 76.1 Å². The summed E-state index contributed by atoms with van der Waals surface area (Å²) in [5.74, 6) is -0.106. The Balaban J connectivity index is 2.02. The van der Waals surface area contributed by atoms with Crippen LogP contribution in [0.2, 0.25) is 5.02 Å². The minimum atomic E-state index is -0.975. The monoisotopic (exact) mass is 389 g/mol. The van der Waals surface area contributed by atoms with Crippen molar-refractivity contribution in [2.24, 2.45) is 0 Å². The van der Waals surface area contributed by atoms with Crippen LogP contribution in [0.3, 0.4) is 0 Å². The molecule has 3 rings (SSSR count). The number of methoxy groups -OCH3 is 2. The summed E-state index contributed by atoms with van der Waals surface area (Å²) in [6.07, 6.45) is 0.410. The van der Waals surface area contributed by atoms with Gasteiger partial charge in [-0.1, -0.05) is 11.6 Å². The van der Waals surface area contributed by atoms with E-state index in [4.69, 9.17) is 21.1 Å². The SMILES string of the molecule is COc1cc2c(cc1OC)C(CC(=O)O)N(C(=O)c1ccc(Cl)cc1)CC2. The van der Waals surface area contributed by atoms with Crippen LogP contribution in [-0.4, -0.2) is 42.6 Å². The Morgan fingerprint density at radius 1 is 1.15 bits per heavy atom. The van der Waals surface area contributed by atoms with Gasteiger partial charge in [0, 0.05) is 17.1 Å². The van der Waals surface area contributed by atoms with Crippen LogP contribution in [0.5, 0.6) is 11.5 Å². The van der Waals surface area contributed by atoms with Gasteiger partial charge in [0.15, 0.2) is 11.5 Å². The first-order valence-corrected chi connectivity index (χ1v) is 8.85. The number of nitrogens with zero attached hydrogens (tertiary/aromatic N) is 1. The summed E-state index contributed by atoms with van der Waals surface area (Å²) in [4.78, 5) is 26.1. The minimum Gasteiger partial charge on any atom is -0.493 e. The van der Waals surface area contributed by atoms with Gasteiger partial charge < -0.3 is 19.5 Å². The van der Waals surface area contributed by atoms with E-state index in [1.165, 1.54) is 7.11 Å². The second kappa shape index (κ2) is 7.88. The van der Waals surface area contributed by atoms with E-state index >= 15 is 0 Å². The van der Waals surface area contributed by atoms with Crippen molar-refractivity contribution in [3.05, 3.63) is 58.1 Å². The van der Waals surface area contributed by atoms with Crippen LogP contribution >= 0.6 is 11.6 Å². The largest absolute Gasteiger partial charge is 0.493 e. The zero-order valence-corrected chi connectivity index (χ0v) is 15.8. The Bertz CT molecular complexity index is 865. The minimum absolute atomic E-state index is 0.193. The van der Waals surface area contributed by atoms with Crippen LogP contribution in [0, 0.1) is 0 Å².